The SMILES string of the molecule is CC[C@H]1OC(=O)[C@H](C)C(=O)[C@H](C)[C@@H](O[C@@H]2O[C@H](C)C[C@H](N(C)C)[C@H]2O)[C@@]2(C)C[C@@H](C)C(=O)[C@H](C)[C@@H](OC/C(=N\OCc3ccc(-c4nc(N)ns4)cn3)CO2)[C@]1(C)O.CC[C@H]1OC(=O)[C@H](C)C(=O)[C@H](C)[C@@H](O[C@@H]2O[C@H](C)C[C@H](N(C)C)[C@H]2OC(C)=O)[C@@]2(C)C[C@@H](C)C(=O)[C@H](C)[C@@H](OCC(=NOCc3ccc(-c4nc(N)ns4)cn3)CO2)[C@]1(C)O. The molecule has 35 nitrogen and oxygen atoms in total. The number of ether oxygens (including phenoxy) is 11. The van der Waals surface area contributed by atoms with Crippen LogP contribution in [0.5, 0.6) is 0 Å². The van der Waals surface area contributed by atoms with Crippen molar-refractivity contribution in [3.05, 3.63) is 48.0 Å². The number of ketones is 4. The number of likely N-dealkylation sites (N-methyl/N-ethyl adjacent to an activating group) is 2. The highest BCUT2D eigenvalue weighted by Crippen LogP contribution is 2.44. The van der Waals surface area contributed by atoms with E-state index in [0.717, 1.165) is 34.2 Å². The van der Waals surface area contributed by atoms with Crippen molar-refractivity contribution in [3.8, 4) is 21.1 Å². The highest BCUT2D eigenvalue weighted by molar-refractivity contribution is 7.09. The van der Waals surface area contributed by atoms with E-state index >= 15 is 0 Å². The Morgan fingerprint density at radius 1 is 0.571 bits per heavy atom. The first-order valence-electron chi connectivity index (χ1n) is 40.7. The third kappa shape index (κ3) is 22.9. The van der Waals surface area contributed by atoms with Gasteiger partial charge in [0.05, 0.1) is 91.7 Å². The highest BCUT2D eigenvalue weighted by atomic mass is 32.1. The number of aromatic nitrogens is 6. The number of cyclic esters (lactones) is 2. The van der Waals surface area contributed by atoms with Crippen molar-refractivity contribution in [2.24, 2.45) is 57.7 Å². The van der Waals surface area contributed by atoms with Crippen LogP contribution in [0.25, 0.3) is 21.1 Å². The van der Waals surface area contributed by atoms with Gasteiger partial charge >= 0.3 is 17.9 Å². The molecular formula is C82H122N12O23S2. The standard InChI is InChI=1S/C42H62N6O12S.C40H60N6O11S/c1-12-31-42(9,53)36-23(4)32(50)21(2)16-41(8,55-19-29(18-54-36)46-56-20-28-14-13-27(17-44-28)37-45-40(43)47-61-37)35(24(5)33(51)25(6)38(52)59-31)60-39-34(58-26(7)49)30(48(10)11)15-22(3)57-39;1-11-29-40(8,51)34-22(4)30(47)20(2)15-39(7,53-18-27(17-52-34)44-54-19-26-13-12-25(16-42-26)35-43-38(41)45-58-35)33(23(5)31(48)24(6)36(50)56-29)57-37-32(49)28(46(9)10)14-21(3)55-37/h13-14,17,21-25,30-31,34-36,39,53H,12,15-16,18-20H2,1-11H3,(H2,43,47);12-13,16,20-24,28-29,32-34,37,49,51H,11,14-15,17-19H2,1-10H3,(H2,41,45)/b;44-27+/t21-,22-,23+,24+,25-,30+,31-,34-,35-,36-,39+,41-,42-;20-,21-,22+,23+,24-,28+,29-,32-,33-,34-,37+,39-,40-/m11/s1. The van der Waals surface area contributed by atoms with Gasteiger partial charge < -0.3 is 98.4 Å². The van der Waals surface area contributed by atoms with Crippen molar-refractivity contribution in [1.82, 2.24) is 38.5 Å². The van der Waals surface area contributed by atoms with Crippen LogP contribution in [0.15, 0.2) is 47.0 Å². The minimum atomic E-state index is -1.90. The number of aliphatic hydroxyl groups is 3. The van der Waals surface area contributed by atoms with E-state index in [0.29, 0.717) is 34.2 Å². The molecule has 119 heavy (non-hydrogen) atoms. The normalized spacial score (nSPS) is 37.1. The number of Topliss-reactive ketones (excluding diaryl/α,β-unsaturated/α-hetero) is 4. The number of fused-ring (bicyclic) bond motifs is 10. The van der Waals surface area contributed by atoms with Crippen molar-refractivity contribution >= 4 is 87.4 Å². The molecule has 7 N–H and O–H groups in total. The molecule has 0 amide bonds. The van der Waals surface area contributed by atoms with Crippen LogP contribution >= 0.6 is 23.1 Å². The largest absolute Gasteiger partial charge is 0.459 e. The van der Waals surface area contributed by atoms with Gasteiger partial charge in [0.2, 0.25) is 11.9 Å². The number of carbonyl (C=O) groups excluding carboxylic acids is 7. The van der Waals surface area contributed by atoms with E-state index in [1.165, 1.54) is 34.6 Å². The number of hydrogen-bond acceptors (Lipinski definition) is 37. The Morgan fingerprint density at radius 3 is 1.33 bits per heavy atom. The van der Waals surface area contributed by atoms with E-state index in [-0.39, 0.29) is 125 Å². The van der Waals surface area contributed by atoms with Gasteiger partial charge in [0.15, 0.2) is 43.5 Å². The first-order valence-corrected chi connectivity index (χ1v) is 42.2. The van der Waals surface area contributed by atoms with Crippen molar-refractivity contribution in [2.45, 2.75) is 278 Å². The molecule has 0 radical (unpaired) electrons. The number of carbonyl (C=O) groups is 7. The molecule has 0 unspecified atom stereocenters. The maximum atomic E-state index is 14.5. The Bertz CT molecular complexity index is 4190. The molecule has 0 aliphatic carbocycles. The lowest BCUT2D eigenvalue weighted by Crippen LogP contribution is -2.60. The second kappa shape index (κ2) is 40.7. The summed E-state index contributed by atoms with van der Waals surface area (Å²) < 4.78 is 78.2. The lowest BCUT2D eigenvalue weighted by atomic mass is 9.74. The fourth-order valence-electron chi connectivity index (χ4n) is 17.1. The number of hydrogen-bond donors (Lipinski definition) is 5. The zero-order valence-corrected chi connectivity index (χ0v) is 73.7. The van der Waals surface area contributed by atoms with Gasteiger partial charge in [-0.25, -0.2) is 0 Å². The number of esters is 3. The molecule has 6 aliphatic heterocycles. The van der Waals surface area contributed by atoms with Crippen molar-refractivity contribution in [2.75, 3.05) is 66.1 Å². The van der Waals surface area contributed by atoms with Gasteiger partial charge in [-0.2, -0.15) is 18.7 Å². The Balaban J connectivity index is 0.000000271. The third-order valence-electron chi connectivity index (χ3n) is 23.7. The van der Waals surface area contributed by atoms with Crippen LogP contribution < -0.4 is 11.5 Å². The van der Waals surface area contributed by atoms with Gasteiger partial charge in [-0.1, -0.05) is 65.7 Å². The van der Waals surface area contributed by atoms with E-state index in [4.69, 9.17) is 73.2 Å². The van der Waals surface area contributed by atoms with Gasteiger partial charge in [0.25, 0.3) is 0 Å². The number of nitrogens with two attached hydrogens (primary N) is 2. The minimum Gasteiger partial charge on any atom is -0.459 e. The van der Waals surface area contributed by atoms with Crippen LogP contribution in [0, 0.1) is 47.3 Å². The first kappa shape index (κ1) is 95.4. The lowest BCUT2D eigenvalue weighted by molar-refractivity contribution is -0.298. The summed E-state index contributed by atoms with van der Waals surface area (Å²) >= 11 is 2.32. The number of pyridine rings is 2. The maximum absolute atomic E-state index is 14.5. The van der Waals surface area contributed by atoms with Crippen molar-refractivity contribution in [3.63, 3.8) is 0 Å². The molecular weight excluding hydrogens is 1590 g/mol. The molecule has 6 fully saturated rings. The fraction of sp³-hybridized carbons (Fsp3) is 0.720. The summed E-state index contributed by atoms with van der Waals surface area (Å²) in [5, 5.41) is 46.0. The summed E-state index contributed by atoms with van der Waals surface area (Å²) in [6.07, 6.45) is -7.45. The fourth-order valence-corrected chi connectivity index (χ4v) is 18.2. The van der Waals surface area contributed by atoms with Crippen molar-refractivity contribution in [1.29, 1.82) is 0 Å². The van der Waals surface area contributed by atoms with E-state index in [1.807, 2.05) is 64.0 Å². The van der Waals surface area contributed by atoms with E-state index in [9.17, 15) is 48.9 Å². The zero-order valence-electron chi connectivity index (χ0n) is 72.1. The second-order valence-electron chi connectivity index (χ2n) is 33.9. The molecule has 26 atom stereocenters. The molecule has 0 spiro atoms. The number of rotatable bonds is 17. The molecule has 0 aromatic carbocycles. The molecule has 6 saturated heterocycles. The van der Waals surface area contributed by atoms with Gasteiger partial charge in [0.1, 0.15) is 74.4 Å². The minimum absolute atomic E-state index is 0.0195. The second-order valence-corrected chi connectivity index (χ2v) is 35.4. The van der Waals surface area contributed by atoms with Crippen molar-refractivity contribution < 1.29 is 111 Å². The van der Waals surface area contributed by atoms with Crippen LogP contribution in [0.3, 0.4) is 0 Å². The van der Waals surface area contributed by atoms with E-state index in [2.05, 4.69) is 39.0 Å². The average Bonchev–Trinajstić information content (AvgIpc) is 1.72. The molecule has 10 heterocycles. The number of anilines is 2. The molecule has 0 saturated carbocycles. The Hall–Kier alpha value is -7.47. The summed E-state index contributed by atoms with van der Waals surface area (Å²) in [5.41, 5.74) is 7.73. The Kier molecular flexibility index (Phi) is 32.6. The summed E-state index contributed by atoms with van der Waals surface area (Å²) in [5.74, 6) is -11.4. The molecule has 4 bridgehead atoms. The number of oxime groups is 2. The summed E-state index contributed by atoms with van der Waals surface area (Å²) in [7, 11) is 7.44. The quantitative estimate of drug-likeness (QED) is 0.0308. The Labute approximate surface area is 703 Å². The third-order valence-corrected chi connectivity index (χ3v) is 25.3. The number of aliphatic hydroxyl groups excluding tert-OH is 1. The lowest BCUT2D eigenvalue weighted by Gasteiger charge is -2.48. The smallest absolute Gasteiger partial charge is 0.316 e. The average molecular weight is 1710 g/mol. The predicted octanol–water partition coefficient (Wildman–Crippen LogP) is 6.97. The first-order chi connectivity index (χ1) is 55.9. The van der Waals surface area contributed by atoms with Crippen LogP contribution in [0.4, 0.5) is 11.9 Å². The topological polar surface area (TPSA) is 461 Å². The number of nitrogens with zero attached hydrogens (tertiary/aromatic N) is 10. The molecule has 4 aromatic rings. The van der Waals surface area contributed by atoms with E-state index < -0.39 is 161 Å². The summed E-state index contributed by atoms with van der Waals surface area (Å²) in [4.78, 5) is 131. The van der Waals surface area contributed by atoms with E-state index in [1.54, 1.807) is 93.8 Å². The Morgan fingerprint density at radius 2 is 0.966 bits per heavy atom. The van der Waals surface area contributed by atoms with Crippen LogP contribution in [-0.4, -0.2) is 269 Å². The molecule has 37 heteroatoms. The van der Waals surface area contributed by atoms with Gasteiger partial charge in [-0.3, -0.25) is 43.5 Å². The summed E-state index contributed by atoms with van der Waals surface area (Å²) in [6, 6.07) is 6.49. The van der Waals surface area contributed by atoms with Crippen LogP contribution in [0.2, 0.25) is 0 Å². The molecule has 660 valence electrons. The van der Waals surface area contributed by atoms with Crippen LogP contribution in [0.1, 0.15) is 168 Å². The maximum Gasteiger partial charge on any atom is 0.316 e. The molecule has 10 rings (SSSR count). The monoisotopic (exact) mass is 1710 g/mol. The predicted molar refractivity (Wildman–Crippen MR) is 436 cm³/mol. The van der Waals surface area contributed by atoms with Gasteiger partial charge in [-0.05, 0) is 169 Å². The van der Waals surface area contributed by atoms with Crippen LogP contribution in [-0.2, 0) is 109 Å². The highest BCUT2D eigenvalue weighted by Gasteiger charge is 2.57. The molecule has 6 aliphatic rings. The van der Waals surface area contributed by atoms with Gasteiger partial charge in [-0.15, -0.1) is 0 Å². The van der Waals surface area contributed by atoms with Gasteiger partial charge in [0, 0.05) is 72.0 Å². The molecule has 4 aromatic heterocycles. The number of nitrogen functional groups attached to an aromatic ring is 2. The summed E-state index contributed by atoms with van der Waals surface area (Å²) in [6.45, 7) is 26.9. The zero-order chi connectivity index (χ0) is 87.7.